The van der Waals surface area contributed by atoms with Crippen molar-refractivity contribution in [3.05, 3.63) is 224 Å². The average Bonchev–Trinajstić information content (AvgIpc) is 3.89. The van der Waals surface area contributed by atoms with Crippen LogP contribution in [0.4, 0.5) is 0 Å². The maximum atomic E-state index is 5.38. The molecule has 5 heteroatoms. The molecule has 1 aliphatic rings. The first-order chi connectivity index (χ1) is 30.7. The molecule has 0 fully saturated rings. The molecule has 0 N–H and O–H groups in total. The van der Waals surface area contributed by atoms with Gasteiger partial charge in [0.05, 0.1) is 16.7 Å². The van der Waals surface area contributed by atoms with Crippen LogP contribution in [-0.2, 0) is 6.42 Å². The monoisotopic (exact) mass is 791 g/mol. The lowest BCUT2D eigenvalue weighted by atomic mass is 9.93. The molecule has 290 valence electrons. The van der Waals surface area contributed by atoms with E-state index < -0.39 is 0 Å². The van der Waals surface area contributed by atoms with Gasteiger partial charge in [0.2, 0.25) is 0 Å². The molecule has 0 amide bonds. The second kappa shape index (κ2) is 14.8. The van der Waals surface area contributed by atoms with E-state index in [4.69, 9.17) is 19.9 Å². The lowest BCUT2D eigenvalue weighted by molar-refractivity contribution is 1.07. The third kappa shape index (κ3) is 6.10. The summed E-state index contributed by atoms with van der Waals surface area (Å²) >= 11 is 0. The maximum Gasteiger partial charge on any atom is 0.166 e. The number of aromatic nitrogens is 5. The summed E-state index contributed by atoms with van der Waals surface area (Å²) < 4.78 is 2.40. The van der Waals surface area contributed by atoms with Crippen LogP contribution >= 0.6 is 0 Å². The van der Waals surface area contributed by atoms with Gasteiger partial charge >= 0.3 is 0 Å². The number of hydrogen-bond donors (Lipinski definition) is 0. The van der Waals surface area contributed by atoms with Crippen molar-refractivity contribution in [3.63, 3.8) is 0 Å². The van der Waals surface area contributed by atoms with Crippen molar-refractivity contribution in [2.24, 2.45) is 0 Å². The SMILES string of the molecule is c1ccc(-c2cccc(-c3cnc(-c4cccc5c4Cc4cc6c(cc4-5)c4ccccc4n6-c4ccccc4)c(-c4nc(-c5ccccc5)nc(-c5ccccc5)n4)c3)c2)cc1. The molecule has 0 radical (unpaired) electrons. The lowest BCUT2D eigenvalue weighted by Gasteiger charge is -2.15. The highest BCUT2D eigenvalue weighted by molar-refractivity contribution is 6.11. The van der Waals surface area contributed by atoms with Gasteiger partial charge in [-0.05, 0) is 87.8 Å². The molecule has 3 heterocycles. The summed E-state index contributed by atoms with van der Waals surface area (Å²) in [6.07, 6.45) is 2.78. The van der Waals surface area contributed by atoms with E-state index in [1.807, 2.05) is 42.6 Å². The second-order valence-electron chi connectivity index (χ2n) is 15.8. The molecule has 0 unspecified atom stereocenters. The van der Waals surface area contributed by atoms with Gasteiger partial charge in [-0.1, -0.05) is 164 Å². The average molecular weight is 792 g/mol. The first-order valence-electron chi connectivity index (χ1n) is 21.0. The minimum Gasteiger partial charge on any atom is -0.309 e. The van der Waals surface area contributed by atoms with Crippen LogP contribution in [-0.4, -0.2) is 24.5 Å². The zero-order valence-electron chi connectivity index (χ0n) is 33.7. The smallest absolute Gasteiger partial charge is 0.166 e. The summed E-state index contributed by atoms with van der Waals surface area (Å²) in [6.45, 7) is 0. The van der Waals surface area contributed by atoms with Crippen molar-refractivity contribution < 1.29 is 0 Å². The molecule has 0 atom stereocenters. The maximum absolute atomic E-state index is 5.38. The standard InChI is InChI=1S/C57H37N5/c1-5-17-37(18-6-1)40-23-15-24-41(31-40)43-33-51(57-60-55(38-19-7-2-8-20-38)59-56(61-57)39-21-9-3-10-22-39)54(58-36-43)47-29-16-28-45-48-35-50-46-27-13-14-30-52(46)62(44-25-11-4-12-26-44)53(50)34-42(48)32-49(45)47/h1-31,33-36H,32H2. The molecule has 1 aliphatic carbocycles. The Kier molecular flexibility index (Phi) is 8.49. The third-order valence-corrected chi connectivity index (χ3v) is 12.1. The largest absolute Gasteiger partial charge is 0.309 e. The molecule has 8 aromatic carbocycles. The van der Waals surface area contributed by atoms with Gasteiger partial charge in [0, 0.05) is 50.5 Å². The molecule has 0 saturated carbocycles. The molecular formula is C57H37N5. The van der Waals surface area contributed by atoms with Crippen LogP contribution in [0, 0.1) is 0 Å². The van der Waals surface area contributed by atoms with E-state index in [1.54, 1.807) is 0 Å². The van der Waals surface area contributed by atoms with Gasteiger partial charge in [-0.15, -0.1) is 0 Å². The first-order valence-corrected chi connectivity index (χ1v) is 21.0. The Morgan fingerprint density at radius 1 is 0.355 bits per heavy atom. The third-order valence-electron chi connectivity index (χ3n) is 12.1. The molecule has 0 spiro atoms. The predicted molar refractivity (Wildman–Crippen MR) is 253 cm³/mol. The van der Waals surface area contributed by atoms with E-state index in [0.29, 0.717) is 17.5 Å². The fourth-order valence-corrected chi connectivity index (χ4v) is 9.20. The van der Waals surface area contributed by atoms with Crippen LogP contribution in [0.1, 0.15) is 11.1 Å². The van der Waals surface area contributed by atoms with Gasteiger partial charge in [0.1, 0.15) is 0 Å². The van der Waals surface area contributed by atoms with Crippen molar-refractivity contribution in [3.8, 4) is 84.5 Å². The van der Waals surface area contributed by atoms with Crippen LogP contribution in [0.15, 0.2) is 212 Å². The van der Waals surface area contributed by atoms with Crippen molar-refractivity contribution in [1.82, 2.24) is 24.5 Å². The number of benzene rings is 8. The molecule has 0 saturated heterocycles. The Bertz CT molecular complexity index is 3410. The summed E-state index contributed by atoms with van der Waals surface area (Å²) in [4.78, 5) is 20.9. The first kappa shape index (κ1) is 35.6. The minimum atomic E-state index is 0.573. The minimum absolute atomic E-state index is 0.573. The van der Waals surface area contributed by atoms with E-state index in [0.717, 1.165) is 62.3 Å². The van der Waals surface area contributed by atoms with Gasteiger partial charge < -0.3 is 4.57 Å². The number of nitrogens with zero attached hydrogens (tertiary/aromatic N) is 5. The summed E-state index contributed by atoms with van der Waals surface area (Å²) in [6, 6.07) is 72.5. The number of para-hydroxylation sites is 2. The summed E-state index contributed by atoms with van der Waals surface area (Å²) in [5, 5.41) is 2.49. The molecule has 0 aliphatic heterocycles. The topological polar surface area (TPSA) is 56.5 Å². The fourth-order valence-electron chi connectivity index (χ4n) is 9.20. The highest BCUT2D eigenvalue weighted by Crippen LogP contribution is 2.47. The highest BCUT2D eigenvalue weighted by Gasteiger charge is 2.27. The van der Waals surface area contributed by atoms with Gasteiger partial charge in [0.25, 0.3) is 0 Å². The van der Waals surface area contributed by atoms with E-state index in [1.165, 1.54) is 44.1 Å². The van der Waals surface area contributed by atoms with Crippen molar-refractivity contribution in [2.75, 3.05) is 0 Å². The number of fused-ring (bicyclic) bond motifs is 6. The molecule has 11 aromatic rings. The predicted octanol–water partition coefficient (Wildman–Crippen LogP) is 13.9. The quantitative estimate of drug-likeness (QED) is 0.161. The van der Waals surface area contributed by atoms with Gasteiger partial charge in [-0.25, -0.2) is 15.0 Å². The Labute approximate surface area is 359 Å². The second-order valence-corrected chi connectivity index (χ2v) is 15.8. The van der Waals surface area contributed by atoms with E-state index in [2.05, 4.69) is 174 Å². The summed E-state index contributed by atoms with van der Waals surface area (Å²) in [5.41, 5.74) is 17.6. The molecular weight excluding hydrogens is 755 g/mol. The van der Waals surface area contributed by atoms with Gasteiger partial charge in [-0.3, -0.25) is 4.98 Å². The van der Waals surface area contributed by atoms with Crippen LogP contribution in [0.3, 0.4) is 0 Å². The fraction of sp³-hybridized carbons (Fsp3) is 0.0175. The Morgan fingerprint density at radius 2 is 0.919 bits per heavy atom. The molecule has 0 bridgehead atoms. The molecule has 62 heavy (non-hydrogen) atoms. The molecule has 3 aromatic heterocycles. The van der Waals surface area contributed by atoms with Crippen LogP contribution in [0.25, 0.3) is 106 Å². The Morgan fingerprint density at radius 3 is 1.63 bits per heavy atom. The Balaban J connectivity index is 1.07. The number of pyridine rings is 1. The zero-order chi connectivity index (χ0) is 41.0. The molecule has 12 rings (SSSR count). The zero-order valence-corrected chi connectivity index (χ0v) is 33.7. The van der Waals surface area contributed by atoms with Gasteiger partial charge in [-0.2, -0.15) is 0 Å². The normalized spacial score (nSPS) is 11.8. The number of hydrogen-bond acceptors (Lipinski definition) is 4. The number of rotatable bonds is 7. The Hall–Kier alpha value is -8.28. The van der Waals surface area contributed by atoms with E-state index in [9.17, 15) is 0 Å². The van der Waals surface area contributed by atoms with Crippen LogP contribution < -0.4 is 0 Å². The van der Waals surface area contributed by atoms with Crippen LogP contribution in [0.5, 0.6) is 0 Å². The van der Waals surface area contributed by atoms with Crippen LogP contribution in [0.2, 0.25) is 0 Å². The van der Waals surface area contributed by atoms with Gasteiger partial charge in [0.15, 0.2) is 17.5 Å². The van der Waals surface area contributed by atoms with Crippen molar-refractivity contribution in [1.29, 1.82) is 0 Å². The van der Waals surface area contributed by atoms with E-state index in [-0.39, 0.29) is 0 Å². The summed E-state index contributed by atoms with van der Waals surface area (Å²) in [7, 11) is 0. The van der Waals surface area contributed by atoms with Crippen molar-refractivity contribution in [2.45, 2.75) is 6.42 Å². The molecule has 5 nitrogen and oxygen atoms in total. The van der Waals surface area contributed by atoms with E-state index >= 15 is 0 Å². The lowest BCUT2D eigenvalue weighted by Crippen LogP contribution is -2.03. The highest BCUT2D eigenvalue weighted by atomic mass is 15.0. The van der Waals surface area contributed by atoms with Crippen molar-refractivity contribution >= 4 is 21.8 Å². The summed E-state index contributed by atoms with van der Waals surface area (Å²) in [5.74, 6) is 1.80.